The van der Waals surface area contributed by atoms with Crippen molar-refractivity contribution in [1.29, 1.82) is 0 Å². The topological polar surface area (TPSA) is 103 Å². The molecule has 0 spiro atoms. The maximum Gasteiger partial charge on any atom is 0.344 e. The van der Waals surface area contributed by atoms with Crippen LogP contribution in [-0.4, -0.2) is 39.9 Å². The lowest BCUT2D eigenvalue weighted by Crippen LogP contribution is -2.50. The van der Waals surface area contributed by atoms with Gasteiger partial charge in [-0.2, -0.15) is 5.01 Å². The molecule has 1 aromatic heterocycles. The number of aromatic nitrogens is 1. The number of aryl methyl sites for hydroxylation is 1. The van der Waals surface area contributed by atoms with E-state index in [9.17, 15) is 14.4 Å². The summed E-state index contributed by atoms with van der Waals surface area (Å²) in [7, 11) is 0. The maximum atomic E-state index is 12.2. The van der Waals surface area contributed by atoms with Crippen LogP contribution >= 0.6 is 11.3 Å². The van der Waals surface area contributed by atoms with Crippen molar-refractivity contribution >= 4 is 45.1 Å². The largest absolute Gasteiger partial charge is 0.376 e. The number of urea groups is 1. The Kier molecular flexibility index (Phi) is 4.34. The van der Waals surface area contributed by atoms with Crippen molar-refractivity contribution in [2.45, 2.75) is 32.7 Å². The van der Waals surface area contributed by atoms with E-state index < -0.39 is 23.4 Å². The van der Waals surface area contributed by atoms with Crippen LogP contribution in [0.1, 0.15) is 25.3 Å². The molecule has 1 fully saturated rings. The first-order chi connectivity index (χ1) is 11.8. The number of hydrazine groups is 1. The summed E-state index contributed by atoms with van der Waals surface area (Å²) in [6.45, 7) is 5.29. The Balaban J connectivity index is 1.60. The monoisotopic (exact) mass is 361 g/mol. The van der Waals surface area contributed by atoms with Crippen molar-refractivity contribution in [2.24, 2.45) is 0 Å². The summed E-state index contributed by atoms with van der Waals surface area (Å²) < 4.78 is 1.02. The first kappa shape index (κ1) is 17.2. The molecule has 2 aromatic rings. The highest BCUT2D eigenvalue weighted by molar-refractivity contribution is 7.18. The van der Waals surface area contributed by atoms with E-state index in [-0.39, 0.29) is 6.54 Å². The van der Waals surface area contributed by atoms with Crippen LogP contribution in [0.5, 0.6) is 0 Å². The van der Waals surface area contributed by atoms with E-state index in [0.717, 1.165) is 25.9 Å². The molecule has 132 valence electrons. The smallest absolute Gasteiger partial charge is 0.344 e. The number of carbonyl (C=O) groups excluding carboxylic acids is 3. The van der Waals surface area contributed by atoms with Gasteiger partial charge < -0.3 is 10.6 Å². The van der Waals surface area contributed by atoms with Gasteiger partial charge in [-0.1, -0.05) is 6.92 Å². The Morgan fingerprint density at radius 2 is 2.16 bits per heavy atom. The van der Waals surface area contributed by atoms with Gasteiger partial charge in [-0.25, -0.2) is 9.78 Å². The molecule has 1 atom stereocenters. The van der Waals surface area contributed by atoms with Gasteiger partial charge in [0, 0.05) is 5.69 Å². The third kappa shape index (κ3) is 3.27. The highest BCUT2D eigenvalue weighted by Crippen LogP contribution is 2.24. The molecule has 0 unspecified atom stereocenters. The molecule has 4 amide bonds. The van der Waals surface area contributed by atoms with Crippen LogP contribution in [0.15, 0.2) is 18.2 Å². The highest BCUT2D eigenvalue weighted by atomic mass is 32.1. The number of rotatable bonds is 5. The van der Waals surface area contributed by atoms with Crippen molar-refractivity contribution in [3.05, 3.63) is 23.2 Å². The Morgan fingerprint density at radius 1 is 1.40 bits per heavy atom. The normalized spacial score (nSPS) is 20.0. The Morgan fingerprint density at radius 3 is 2.84 bits per heavy atom. The van der Waals surface area contributed by atoms with Gasteiger partial charge in [0.25, 0.3) is 11.8 Å². The van der Waals surface area contributed by atoms with E-state index in [1.165, 1.54) is 0 Å². The lowest BCUT2D eigenvalue weighted by molar-refractivity contribution is -0.138. The van der Waals surface area contributed by atoms with Crippen LogP contribution in [0.25, 0.3) is 10.2 Å². The SMILES string of the molecule is CC[C@@]1(C)NC(=O)N(NC(=O)CNc2ccc3nc(C)sc3c2)C1=O. The van der Waals surface area contributed by atoms with Gasteiger partial charge in [0.1, 0.15) is 5.54 Å². The lowest BCUT2D eigenvalue weighted by atomic mass is 10.00. The summed E-state index contributed by atoms with van der Waals surface area (Å²) in [5, 5.41) is 7.27. The third-order valence-corrected chi connectivity index (χ3v) is 5.09. The van der Waals surface area contributed by atoms with Crippen molar-refractivity contribution in [1.82, 2.24) is 20.7 Å². The first-order valence-electron chi connectivity index (χ1n) is 7.89. The number of imide groups is 1. The summed E-state index contributed by atoms with van der Waals surface area (Å²) in [6, 6.07) is 5.00. The van der Waals surface area contributed by atoms with Crippen molar-refractivity contribution in [3.63, 3.8) is 0 Å². The molecule has 1 saturated heterocycles. The number of fused-ring (bicyclic) bond motifs is 1. The molecule has 0 bridgehead atoms. The van der Waals surface area contributed by atoms with E-state index in [1.807, 2.05) is 25.1 Å². The number of carbonyl (C=O) groups is 3. The summed E-state index contributed by atoms with van der Waals surface area (Å²) in [5.74, 6) is -0.945. The average molecular weight is 361 g/mol. The number of hydrogen-bond acceptors (Lipinski definition) is 6. The standard InChI is InChI=1S/C16H19N5O3S/c1-4-16(3)14(23)21(15(24)19-16)20-13(22)8-17-10-5-6-11-12(7-10)25-9(2)18-11/h5-7,17H,4,8H2,1-3H3,(H,19,24)(H,20,22)/t16-/m1/s1. The molecule has 1 aliphatic rings. The molecule has 0 radical (unpaired) electrons. The predicted molar refractivity (Wildman–Crippen MR) is 95.1 cm³/mol. The Labute approximate surface area is 148 Å². The molecule has 1 aliphatic heterocycles. The van der Waals surface area contributed by atoms with Gasteiger partial charge in [0.2, 0.25) is 0 Å². The zero-order valence-electron chi connectivity index (χ0n) is 14.2. The van der Waals surface area contributed by atoms with Gasteiger partial charge in [0.15, 0.2) is 0 Å². The van der Waals surface area contributed by atoms with E-state index in [2.05, 4.69) is 21.0 Å². The molecular formula is C16H19N5O3S. The highest BCUT2D eigenvalue weighted by Gasteiger charge is 2.47. The fraction of sp³-hybridized carbons (Fsp3) is 0.375. The lowest BCUT2D eigenvalue weighted by Gasteiger charge is -2.19. The molecule has 25 heavy (non-hydrogen) atoms. The minimum absolute atomic E-state index is 0.0663. The van der Waals surface area contributed by atoms with Gasteiger partial charge in [-0.3, -0.25) is 15.0 Å². The fourth-order valence-corrected chi connectivity index (χ4v) is 3.39. The molecule has 0 saturated carbocycles. The van der Waals surface area contributed by atoms with E-state index in [4.69, 9.17) is 0 Å². The molecular weight excluding hydrogens is 342 g/mol. The van der Waals surface area contributed by atoms with Gasteiger partial charge in [-0.05, 0) is 38.5 Å². The van der Waals surface area contributed by atoms with Crippen LogP contribution in [-0.2, 0) is 9.59 Å². The minimum Gasteiger partial charge on any atom is -0.376 e. The molecule has 3 rings (SSSR count). The zero-order chi connectivity index (χ0) is 18.2. The van der Waals surface area contributed by atoms with E-state index >= 15 is 0 Å². The van der Waals surface area contributed by atoms with Crippen LogP contribution in [0, 0.1) is 6.92 Å². The van der Waals surface area contributed by atoms with Crippen LogP contribution in [0.3, 0.4) is 0 Å². The van der Waals surface area contributed by atoms with E-state index in [0.29, 0.717) is 6.42 Å². The average Bonchev–Trinajstić information content (AvgIpc) is 3.04. The third-order valence-electron chi connectivity index (χ3n) is 4.15. The second-order valence-electron chi connectivity index (χ2n) is 6.06. The molecule has 9 heteroatoms. The summed E-state index contributed by atoms with van der Waals surface area (Å²) in [4.78, 5) is 40.6. The van der Waals surface area contributed by atoms with Gasteiger partial charge >= 0.3 is 6.03 Å². The molecule has 2 heterocycles. The minimum atomic E-state index is -0.979. The van der Waals surface area contributed by atoms with Crippen molar-refractivity contribution in [3.8, 4) is 0 Å². The number of benzene rings is 1. The van der Waals surface area contributed by atoms with Crippen molar-refractivity contribution in [2.75, 3.05) is 11.9 Å². The zero-order valence-corrected chi connectivity index (χ0v) is 15.0. The molecule has 8 nitrogen and oxygen atoms in total. The van der Waals surface area contributed by atoms with Gasteiger partial charge in [-0.15, -0.1) is 11.3 Å². The molecule has 0 aliphatic carbocycles. The Bertz CT molecular complexity index is 865. The molecule has 3 N–H and O–H groups in total. The summed E-state index contributed by atoms with van der Waals surface area (Å²) >= 11 is 1.57. The number of hydrogen-bond donors (Lipinski definition) is 3. The number of anilines is 1. The number of amides is 4. The second kappa shape index (κ2) is 6.32. The van der Waals surface area contributed by atoms with Gasteiger partial charge in [0.05, 0.1) is 21.8 Å². The van der Waals surface area contributed by atoms with Crippen LogP contribution in [0.4, 0.5) is 10.5 Å². The molecule has 1 aromatic carbocycles. The van der Waals surface area contributed by atoms with Crippen LogP contribution < -0.4 is 16.1 Å². The first-order valence-corrected chi connectivity index (χ1v) is 8.71. The maximum absolute atomic E-state index is 12.2. The summed E-state index contributed by atoms with van der Waals surface area (Å²) in [6.07, 6.45) is 0.441. The number of thiazole rings is 1. The fourth-order valence-electron chi connectivity index (χ4n) is 2.52. The quantitative estimate of drug-likeness (QED) is 0.704. The van der Waals surface area contributed by atoms with E-state index in [1.54, 1.807) is 25.2 Å². The Hall–Kier alpha value is -2.68. The van der Waals surface area contributed by atoms with Crippen molar-refractivity contribution < 1.29 is 14.4 Å². The second-order valence-corrected chi connectivity index (χ2v) is 7.30. The summed E-state index contributed by atoms with van der Waals surface area (Å²) in [5.41, 5.74) is 3.04. The number of nitrogens with zero attached hydrogens (tertiary/aromatic N) is 2. The van der Waals surface area contributed by atoms with Crippen LogP contribution in [0.2, 0.25) is 0 Å². The number of nitrogens with one attached hydrogen (secondary N) is 3. The predicted octanol–water partition coefficient (Wildman–Crippen LogP) is 1.77.